The van der Waals surface area contributed by atoms with Crippen molar-refractivity contribution in [1.29, 1.82) is 0 Å². The lowest BCUT2D eigenvalue weighted by Crippen LogP contribution is -2.28. The molecular weight excluding hydrogens is 255 g/mol. The van der Waals surface area contributed by atoms with E-state index in [0.29, 0.717) is 11.5 Å². The van der Waals surface area contributed by atoms with Crippen LogP contribution < -0.4 is 10.5 Å². The molecule has 0 amide bonds. The largest absolute Gasteiger partial charge is 0.457 e. The molecule has 2 aromatic rings. The van der Waals surface area contributed by atoms with E-state index in [4.69, 9.17) is 10.5 Å². The number of hydrogen-bond donors (Lipinski definition) is 1. The van der Waals surface area contributed by atoms with E-state index in [0.717, 1.165) is 0 Å². The Morgan fingerprint density at radius 3 is 1.89 bits per heavy atom. The van der Waals surface area contributed by atoms with Crippen molar-refractivity contribution in [1.82, 2.24) is 0 Å². The van der Waals surface area contributed by atoms with Crippen molar-refractivity contribution >= 4 is 0 Å². The number of halogens is 3. The topological polar surface area (TPSA) is 35.2 Å². The summed E-state index contributed by atoms with van der Waals surface area (Å²) in [5.74, 6) is 1.08. The highest BCUT2D eigenvalue weighted by atomic mass is 19.4. The molecule has 0 aromatic heterocycles. The molecule has 0 aliphatic rings. The van der Waals surface area contributed by atoms with Crippen molar-refractivity contribution in [2.24, 2.45) is 5.73 Å². The van der Waals surface area contributed by atoms with Crippen LogP contribution in [0.3, 0.4) is 0 Å². The van der Waals surface area contributed by atoms with Gasteiger partial charge in [0.15, 0.2) is 0 Å². The first-order valence-corrected chi connectivity index (χ1v) is 5.62. The summed E-state index contributed by atoms with van der Waals surface area (Å²) in [5.41, 5.74) is 5.12. The summed E-state index contributed by atoms with van der Waals surface area (Å²) in [6, 6.07) is 12.6. The maximum Gasteiger partial charge on any atom is 0.407 e. The van der Waals surface area contributed by atoms with Crippen LogP contribution in [0.5, 0.6) is 11.5 Å². The smallest absolute Gasteiger partial charge is 0.407 e. The van der Waals surface area contributed by atoms with E-state index in [-0.39, 0.29) is 5.56 Å². The molecule has 0 saturated heterocycles. The maximum atomic E-state index is 12.4. The zero-order valence-electron chi connectivity index (χ0n) is 9.89. The predicted molar refractivity (Wildman–Crippen MR) is 65.9 cm³/mol. The van der Waals surface area contributed by atoms with E-state index in [2.05, 4.69) is 0 Å². The molecule has 100 valence electrons. The molecule has 5 heteroatoms. The second kappa shape index (κ2) is 5.32. The van der Waals surface area contributed by atoms with Gasteiger partial charge in [0.05, 0.1) is 0 Å². The highest BCUT2D eigenvalue weighted by Crippen LogP contribution is 2.31. The normalized spacial score (nSPS) is 13.1. The fraction of sp³-hybridized carbons (Fsp3) is 0.143. The average molecular weight is 267 g/mol. The highest BCUT2D eigenvalue weighted by molar-refractivity contribution is 5.34. The molecule has 2 aromatic carbocycles. The average Bonchev–Trinajstić information content (AvgIpc) is 2.39. The molecule has 0 spiro atoms. The number of ether oxygens (including phenoxy) is 1. The summed E-state index contributed by atoms with van der Waals surface area (Å²) in [5, 5.41) is 0. The van der Waals surface area contributed by atoms with E-state index >= 15 is 0 Å². The minimum atomic E-state index is -4.44. The van der Waals surface area contributed by atoms with Gasteiger partial charge >= 0.3 is 6.18 Å². The van der Waals surface area contributed by atoms with Crippen molar-refractivity contribution < 1.29 is 17.9 Å². The summed E-state index contributed by atoms with van der Waals surface area (Å²) in [7, 11) is 0. The standard InChI is InChI=1S/C14H12F3NO/c15-14(16,17)13(18)10-6-8-12(9-7-10)19-11-4-2-1-3-5-11/h1-9,13H,18H2. The summed E-state index contributed by atoms with van der Waals surface area (Å²) < 4.78 is 42.8. The quantitative estimate of drug-likeness (QED) is 0.910. The molecule has 0 saturated carbocycles. The number of para-hydroxylation sites is 1. The van der Waals surface area contributed by atoms with E-state index in [1.54, 1.807) is 12.1 Å². The van der Waals surface area contributed by atoms with Crippen LogP contribution in [0.4, 0.5) is 13.2 Å². The lowest BCUT2D eigenvalue weighted by atomic mass is 10.1. The summed E-state index contributed by atoms with van der Waals surface area (Å²) >= 11 is 0. The fourth-order valence-electron chi connectivity index (χ4n) is 1.56. The van der Waals surface area contributed by atoms with Crippen LogP contribution in [0, 0.1) is 0 Å². The monoisotopic (exact) mass is 267 g/mol. The molecule has 2 nitrogen and oxygen atoms in total. The molecule has 0 bridgehead atoms. The van der Waals surface area contributed by atoms with Gasteiger partial charge in [0.2, 0.25) is 0 Å². The van der Waals surface area contributed by atoms with Gasteiger partial charge in [-0.05, 0) is 29.8 Å². The van der Waals surface area contributed by atoms with Gasteiger partial charge in [-0.25, -0.2) is 0 Å². The molecule has 2 rings (SSSR count). The minimum Gasteiger partial charge on any atom is -0.457 e. The van der Waals surface area contributed by atoms with E-state index in [1.807, 2.05) is 18.2 Å². The predicted octanol–water partition coefficient (Wildman–Crippen LogP) is 4.04. The van der Waals surface area contributed by atoms with Crippen LogP contribution in [-0.2, 0) is 0 Å². The Morgan fingerprint density at radius 2 is 1.37 bits per heavy atom. The van der Waals surface area contributed by atoms with Crippen LogP contribution in [0.15, 0.2) is 54.6 Å². The Morgan fingerprint density at radius 1 is 0.842 bits per heavy atom. The minimum absolute atomic E-state index is 0.00733. The third-order valence-electron chi connectivity index (χ3n) is 2.57. The van der Waals surface area contributed by atoms with Gasteiger partial charge in [0.1, 0.15) is 17.5 Å². The van der Waals surface area contributed by atoms with Crippen molar-refractivity contribution in [3.63, 3.8) is 0 Å². The zero-order chi connectivity index (χ0) is 13.9. The molecule has 1 unspecified atom stereocenters. The number of benzene rings is 2. The SMILES string of the molecule is NC(c1ccc(Oc2ccccc2)cc1)C(F)(F)F. The van der Waals surface area contributed by atoms with Gasteiger partial charge in [-0.3, -0.25) is 0 Å². The van der Waals surface area contributed by atoms with Crippen molar-refractivity contribution in [2.75, 3.05) is 0 Å². The fourth-order valence-corrected chi connectivity index (χ4v) is 1.56. The van der Waals surface area contributed by atoms with Crippen LogP contribution in [0.1, 0.15) is 11.6 Å². The first kappa shape index (κ1) is 13.4. The number of hydrogen-bond acceptors (Lipinski definition) is 2. The van der Waals surface area contributed by atoms with Gasteiger partial charge < -0.3 is 10.5 Å². The van der Waals surface area contributed by atoms with Gasteiger partial charge in [-0.1, -0.05) is 30.3 Å². The number of alkyl halides is 3. The molecule has 1 atom stereocenters. The Labute approximate surface area is 108 Å². The second-order valence-corrected chi connectivity index (χ2v) is 4.00. The van der Waals surface area contributed by atoms with E-state index in [9.17, 15) is 13.2 Å². The van der Waals surface area contributed by atoms with Gasteiger partial charge in [-0.15, -0.1) is 0 Å². The zero-order valence-corrected chi connectivity index (χ0v) is 9.89. The first-order valence-electron chi connectivity index (χ1n) is 5.62. The number of nitrogens with two attached hydrogens (primary N) is 1. The third-order valence-corrected chi connectivity index (χ3v) is 2.57. The van der Waals surface area contributed by atoms with E-state index < -0.39 is 12.2 Å². The van der Waals surface area contributed by atoms with Gasteiger partial charge in [0, 0.05) is 0 Å². The maximum absolute atomic E-state index is 12.4. The van der Waals surface area contributed by atoms with E-state index in [1.165, 1.54) is 24.3 Å². The molecule has 0 aliphatic carbocycles. The van der Waals surface area contributed by atoms with Crippen molar-refractivity contribution in [2.45, 2.75) is 12.2 Å². The highest BCUT2D eigenvalue weighted by Gasteiger charge is 2.37. The summed E-state index contributed by atoms with van der Waals surface area (Å²) in [6.07, 6.45) is -4.44. The lowest BCUT2D eigenvalue weighted by Gasteiger charge is -2.16. The molecular formula is C14H12F3NO. The molecule has 0 aliphatic heterocycles. The van der Waals surface area contributed by atoms with Gasteiger partial charge in [0.25, 0.3) is 0 Å². The number of rotatable bonds is 3. The van der Waals surface area contributed by atoms with Gasteiger partial charge in [-0.2, -0.15) is 13.2 Å². The summed E-state index contributed by atoms with van der Waals surface area (Å²) in [6.45, 7) is 0. The van der Waals surface area contributed by atoms with Crippen LogP contribution in [0.25, 0.3) is 0 Å². The second-order valence-electron chi connectivity index (χ2n) is 4.00. The Hall–Kier alpha value is -2.01. The molecule has 19 heavy (non-hydrogen) atoms. The summed E-state index contributed by atoms with van der Waals surface area (Å²) in [4.78, 5) is 0. The Kier molecular flexibility index (Phi) is 3.76. The molecule has 2 N–H and O–H groups in total. The first-order chi connectivity index (χ1) is 8.97. The van der Waals surface area contributed by atoms with Crippen LogP contribution in [-0.4, -0.2) is 6.18 Å². The van der Waals surface area contributed by atoms with Crippen LogP contribution >= 0.6 is 0 Å². The third kappa shape index (κ3) is 3.48. The molecule has 0 fully saturated rings. The lowest BCUT2D eigenvalue weighted by molar-refractivity contribution is -0.149. The Bertz CT molecular complexity index is 523. The molecule has 0 heterocycles. The molecule has 0 radical (unpaired) electrons. The Balaban J connectivity index is 2.11. The van der Waals surface area contributed by atoms with Crippen molar-refractivity contribution in [3.8, 4) is 11.5 Å². The van der Waals surface area contributed by atoms with Crippen LogP contribution in [0.2, 0.25) is 0 Å². The van der Waals surface area contributed by atoms with Crippen molar-refractivity contribution in [3.05, 3.63) is 60.2 Å².